The van der Waals surface area contributed by atoms with Crippen molar-refractivity contribution in [1.82, 2.24) is 14.6 Å². The molecule has 2 aromatic heterocycles. The first-order valence-electron chi connectivity index (χ1n) is 11.6. The number of benzene rings is 3. The quantitative estimate of drug-likeness (QED) is 0.228. The highest BCUT2D eigenvalue weighted by molar-refractivity contribution is 7.91. The fourth-order valence-corrected chi connectivity index (χ4v) is 5.36. The van der Waals surface area contributed by atoms with E-state index in [1.54, 1.807) is 0 Å². The molecule has 0 aliphatic heterocycles. The number of methoxy groups -OCH3 is 1. The summed E-state index contributed by atoms with van der Waals surface area (Å²) >= 11 is 5.86. The monoisotopic (exact) mass is 604 g/mol. The number of fused-ring (bicyclic) bond motifs is 1. The molecular formula is C27H17ClF4N4O4S. The lowest BCUT2D eigenvalue weighted by Gasteiger charge is -2.11. The molecule has 5 aromatic rings. The maximum Gasteiger partial charge on any atom is 0.433 e. The predicted octanol–water partition coefficient (Wildman–Crippen LogP) is 6.30. The molecular weight excluding hydrogens is 588 g/mol. The molecule has 0 spiro atoms. The molecule has 3 aromatic carbocycles. The Morgan fingerprint density at radius 2 is 1.63 bits per heavy atom. The number of aromatic nitrogens is 3. The van der Waals surface area contributed by atoms with Gasteiger partial charge < -0.3 is 10.1 Å². The van der Waals surface area contributed by atoms with E-state index in [0.717, 1.165) is 24.3 Å². The molecule has 8 nitrogen and oxygen atoms in total. The van der Waals surface area contributed by atoms with Crippen molar-refractivity contribution in [3.8, 4) is 17.0 Å². The van der Waals surface area contributed by atoms with Crippen LogP contribution in [0.3, 0.4) is 0 Å². The first kappa shape index (κ1) is 28.1. The summed E-state index contributed by atoms with van der Waals surface area (Å²) < 4.78 is 87.1. The molecule has 0 aliphatic rings. The van der Waals surface area contributed by atoms with Crippen LogP contribution in [0.1, 0.15) is 16.2 Å². The molecule has 1 amide bonds. The van der Waals surface area contributed by atoms with Gasteiger partial charge >= 0.3 is 6.18 Å². The van der Waals surface area contributed by atoms with Crippen molar-refractivity contribution in [3.05, 3.63) is 101 Å². The van der Waals surface area contributed by atoms with E-state index in [1.165, 1.54) is 61.7 Å². The third kappa shape index (κ3) is 5.72. The second-order valence-electron chi connectivity index (χ2n) is 8.64. The molecule has 0 atom stereocenters. The molecule has 1 N–H and O–H groups in total. The fraction of sp³-hybridized carbons (Fsp3) is 0.0741. The van der Waals surface area contributed by atoms with Gasteiger partial charge in [0.05, 0.1) is 22.6 Å². The first-order chi connectivity index (χ1) is 19.3. The Labute approximate surface area is 235 Å². The van der Waals surface area contributed by atoms with Crippen LogP contribution in [0, 0.1) is 5.82 Å². The minimum Gasteiger partial charge on any atom is -0.497 e. The van der Waals surface area contributed by atoms with E-state index < -0.39 is 39.1 Å². The van der Waals surface area contributed by atoms with Gasteiger partial charge in [-0.05, 0) is 66.7 Å². The number of alkyl halides is 3. The van der Waals surface area contributed by atoms with Gasteiger partial charge in [-0.3, -0.25) is 4.79 Å². The van der Waals surface area contributed by atoms with Crippen molar-refractivity contribution in [2.24, 2.45) is 0 Å². The van der Waals surface area contributed by atoms with Gasteiger partial charge in [-0.1, -0.05) is 11.6 Å². The Bertz CT molecular complexity index is 1890. The number of carbonyl (C=O) groups excluding carboxylic acids is 1. The average Bonchev–Trinajstić information content (AvgIpc) is 3.37. The van der Waals surface area contributed by atoms with Crippen LogP contribution in [0.5, 0.6) is 5.75 Å². The number of halogens is 5. The van der Waals surface area contributed by atoms with E-state index in [2.05, 4.69) is 15.4 Å². The normalized spacial score (nSPS) is 12.0. The SMILES string of the molecule is COc1cc(NC(=O)c2cc3nc(-c4ccc(F)cc4)cc(C(F)(F)F)n3n2)cc(S(=O)(=O)c2ccc(Cl)cc2)c1. The number of nitrogens with zero attached hydrogens (tertiary/aromatic N) is 3. The molecule has 0 aliphatic carbocycles. The number of sulfone groups is 1. The lowest BCUT2D eigenvalue weighted by atomic mass is 10.1. The van der Waals surface area contributed by atoms with Crippen molar-refractivity contribution in [2.45, 2.75) is 16.0 Å². The van der Waals surface area contributed by atoms with Crippen LogP contribution >= 0.6 is 11.6 Å². The van der Waals surface area contributed by atoms with Crippen LogP contribution in [0.15, 0.2) is 88.7 Å². The predicted molar refractivity (Wildman–Crippen MR) is 141 cm³/mol. The maximum absolute atomic E-state index is 13.9. The highest BCUT2D eigenvalue weighted by Crippen LogP contribution is 2.33. The Hall–Kier alpha value is -4.49. The molecule has 0 bridgehead atoms. The summed E-state index contributed by atoms with van der Waals surface area (Å²) in [5, 5.41) is 6.58. The molecule has 5 rings (SSSR count). The second kappa shape index (κ2) is 10.5. The van der Waals surface area contributed by atoms with Crippen LogP contribution in [0.2, 0.25) is 5.02 Å². The minimum absolute atomic E-state index is 0.0186. The molecule has 14 heteroatoms. The summed E-state index contributed by atoms with van der Waals surface area (Å²) in [5.74, 6) is -1.42. The summed E-state index contributed by atoms with van der Waals surface area (Å²) in [5.41, 5.74) is -1.84. The lowest BCUT2D eigenvalue weighted by Crippen LogP contribution is -2.16. The zero-order chi connectivity index (χ0) is 29.5. The number of amides is 1. The van der Waals surface area contributed by atoms with E-state index in [4.69, 9.17) is 16.3 Å². The zero-order valence-corrected chi connectivity index (χ0v) is 22.4. The van der Waals surface area contributed by atoms with Gasteiger partial charge in [0, 0.05) is 28.4 Å². The number of anilines is 1. The van der Waals surface area contributed by atoms with Gasteiger partial charge in [0.25, 0.3) is 5.91 Å². The second-order valence-corrected chi connectivity index (χ2v) is 11.0. The molecule has 0 saturated carbocycles. The van der Waals surface area contributed by atoms with Crippen molar-refractivity contribution in [1.29, 1.82) is 0 Å². The van der Waals surface area contributed by atoms with E-state index >= 15 is 0 Å². The Kier molecular flexibility index (Phi) is 7.17. The van der Waals surface area contributed by atoms with Crippen LogP contribution < -0.4 is 10.1 Å². The molecule has 41 heavy (non-hydrogen) atoms. The summed E-state index contributed by atoms with van der Waals surface area (Å²) in [4.78, 5) is 17.0. The Morgan fingerprint density at radius 1 is 0.951 bits per heavy atom. The summed E-state index contributed by atoms with van der Waals surface area (Å²) in [6.07, 6.45) is -4.87. The maximum atomic E-state index is 13.9. The van der Waals surface area contributed by atoms with Gasteiger partial charge in [-0.2, -0.15) is 18.3 Å². The van der Waals surface area contributed by atoms with Gasteiger partial charge in [0.15, 0.2) is 17.0 Å². The van der Waals surface area contributed by atoms with Gasteiger partial charge in [-0.25, -0.2) is 22.3 Å². The van der Waals surface area contributed by atoms with Gasteiger partial charge in [0.2, 0.25) is 9.84 Å². The average molecular weight is 605 g/mol. The van der Waals surface area contributed by atoms with Crippen LogP contribution in [-0.4, -0.2) is 36.0 Å². The molecule has 0 radical (unpaired) electrons. The highest BCUT2D eigenvalue weighted by Gasteiger charge is 2.35. The smallest absolute Gasteiger partial charge is 0.433 e. The van der Waals surface area contributed by atoms with Gasteiger partial charge in [-0.15, -0.1) is 0 Å². The van der Waals surface area contributed by atoms with E-state index in [1.807, 2.05) is 0 Å². The third-order valence-corrected chi connectivity index (χ3v) is 7.90. The third-order valence-electron chi connectivity index (χ3n) is 5.90. The molecule has 210 valence electrons. The van der Waals surface area contributed by atoms with Crippen molar-refractivity contribution in [3.63, 3.8) is 0 Å². The number of ether oxygens (including phenoxy) is 1. The standard InChI is InChI=1S/C27H17ClF4N4O4S/c1-40-19-10-18(11-21(12-19)41(38,39)20-8-4-16(28)5-9-20)33-26(37)23-14-25-34-22(15-2-6-17(29)7-3-15)13-24(27(30,31)32)36(25)35-23/h2-14H,1H3,(H,33,37). The topological polar surface area (TPSA) is 103 Å². The number of hydrogen-bond acceptors (Lipinski definition) is 6. The number of nitrogens with one attached hydrogen (secondary N) is 1. The van der Waals surface area contributed by atoms with E-state index in [9.17, 15) is 30.8 Å². The van der Waals surface area contributed by atoms with E-state index in [-0.39, 0.29) is 38.1 Å². The molecule has 0 fully saturated rings. The van der Waals surface area contributed by atoms with Gasteiger partial charge in [0.1, 0.15) is 11.6 Å². The summed E-state index contributed by atoms with van der Waals surface area (Å²) in [6.45, 7) is 0. The minimum atomic E-state index is -4.87. The van der Waals surface area contributed by atoms with Crippen LogP contribution in [-0.2, 0) is 16.0 Å². The van der Waals surface area contributed by atoms with Crippen molar-refractivity contribution >= 4 is 38.7 Å². The first-order valence-corrected chi connectivity index (χ1v) is 13.5. The largest absolute Gasteiger partial charge is 0.497 e. The van der Waals surface area contributed by atoms with Crippen LogP contribution in [0.25, 0.3) is 16.9 Å². The molecule has 0 saturated heterocycles. The lowest BCUT2D eigenvalue weighted by molar-refractivity contribution is -0.142. The highest BCUT2D eigenvalue weighted by atomic mass is 35.5. The van der Waals surface area contributed by atoms with Crippen molar-refractivity contribution in [2.75, 3.05) is 12.4 Å². The number of rotatable bonds is 6. The zero-order valence-electron chi connectivity index (χ0n) is 20.8. The van der Waals surface area contributed by atoms with Crippen LogP contribution in [0.4, 0.5) is 23.2 Å². The summed E-state index contributed by atoms with van der Waals surface area (Å²) in [6, 6.07) is 15.7. The van der Waals surface area contributed by atoms with Crippen molar-refractivity contribution < 1.29 is 35.5 Å². The molecule has 2 heterocycles. The Morgan fingerprint density at radius 3 is 2.27 bits per heavy atom. The number of hydrogen-bond donors (Lipinski definition) is 1. The number of carbonyl (C=O) groups is 1. The summed E-state index contributed by atoms with van der Waals surface area (Å²) in [7, 11) is -2.76. The fourth-order valence-electron chi connectivity index (χ4n) is 3.92. The van der Waals surface area contributed by atoms with E-state index in [0.29, 0.717) is 9.54 Å². The molecule has 0 unspecified atom stereocenters. The Balaban J connectivity index is 1.52.